The molecular formula is C12H15Br2ClO. The second kappa shape index (κ2) is 6.27. The predicted octanol–water partition coefficient (Wildman–Crippen LogP) is 4.69. The summed E-state index contributed by atoms with van der Waals surface area (Å²) in [4.78, 5) is 0. The van der Waals surface area contributed by atoms with Crippen molar-refractivity contribution in [3.8, 4) is 5.75 Å². The van der Waals surface area contributed by atoms with E-state index >= 15 is 0 Å². The molecule has 1 aromatic carbocycles. The maximum absolute atomic E-state index is 6.01. The van der Waals surface area contributed by atoms with Gasteiger partial charge in [-0.05, 0) is 35.6 Å². The van der Waals surface area contributed by atoms with Crippen LogP contribution in [0, 0.1) is 5.41 Å². The molecule has 0 unspecified atom stereocenters. The Kier molecular flexibility index (Phi) is 5.62. The summed E-state index contributed by atoms with van der Waals surface area (Å²) in [6, 6.07) is 5.74. The summed E-state index contributed by atoms with van der Waals surface area (Å²) in [6.07, 6.45) is 0.924. The first-order valence-corrected chi connectivity index (χ1v) is 7.61. The number of hydrogen-bond acceptors (Lipinski definition) is 1. The fourth-order valence-electron chi connectivity index (χ4n) is 1.48. The van der Waals surface area contributed by atoms with Crippen LogP contribution in [0.25, 0.3) is 0 Å². The topological polar surface area (TPSA) is 9.23 Å². The van der Waals surface area contributed by atoms with E-state index in [1.54, 1.807) is 7.11 Å². The highest BCUT2D eigenvalue weighted by Crippen LogP contribution is 2.32. The van der Waals surface area contributed by atoms with E-state index in [1.165, 1.54) is 0 Å². The number of benzene rings is 1. The highest BCUT2D eigenvalue weighted by atomic mass is 79.9. The zero-order chi connectivity index (χ0) is 12.2. The third-order valence-electron chi connectivity index (χ3n) is 2.50. The van der Waals surface area contributed by atoms with Crippen molar-refractivity contribution in [2.45, 2.75) is 13.3 Å². The Balaban J connectivity index is 2.98. The van der Waals surface area contributed by atoms with Crippen LogP contribution in [0.5, 0.6) is 5.75 Å². The number of methoxy groups -OCH3 is 1. The lowest BCUT2D eigenvalue weighted by molar-refractivity contribution is 0.389. The van der Waals surface area contributed by atoms with Crippen LogP contribution in [0.15, 0.2) is 18.2 Å². The second-order valence-electron chi connectivity index (χ2n) is 4.21. The average Bonchev–Trinajstić information content (AvgIpc) is 2.29. The molecule has 0 aliphatic heterocycles. The van der Waals surface area contributed by atoms with Crippen LogP contribution in [0.2, 0.25) is 5.02 Å². The maximum atomic E-state index is 6.01. The van der Waals surface area contributed by atoms with Crippen LogP contribution in [-0.4, -0.2) is 17.8 Å². The number of ether oxygens (including phenoxy) is 1. The molecule has 0 saturated carbocycles. The van der Waals surface area contributed by atoms with Crippen LogP contribution in [0.4, 0.5) is 0 Å². The largest absolute Gasteiger partial charge is 0.496 e. The van der Waals surface area contributed by atoms with Crippen LogP contribution in [0.1, 0.15) is 12.5 Å². The second-order valence-corrected chi connectivity index (χ2v) is 5.77. The molecule has 1 rings (SSSR count). The van der Waals surface area contributed by atoms with Crippen molar-refractivity contribution in [2.75, 3.05) is 17.8 Å². The van der Waals surface area contributed by atoms with Gasteiger partial charge in [-0.3, -0.25) is 0 Å². The summed E-state index contributed by atoms with van der Waals surface area (Å²) in [5.41, 5.74) is 1.31. The van der Waals surface area contributed by atoms with Gasteiger partial charge < -0.3 is 4.74 Å². The first kappa shape index (κ1) is 14.3. The zero-order valence-corrected chi connectivity index (χ0v) is 13.3. The Morgan fingerprint density at radius 3 is 2.44 bits per heavy atom. The molecule has 16 heavy (non-hydrogen) atoms. The molecule has 0 bridgehead atoms. The van der Waals surface area contributed by atoms with E-state index in [9.17, 15) is 0 Å². The lowest BCUT2D eigenvalue weighted by Crippen LogP contribution is -2.23. The van der Waals surface area contributed by atoms with E-state index in [4.69, 9.17) is 16.3 Å². The van der Waals surface area contributed by atoms with E-state index in [2.05, 4.69) is 38.8 Å². The molecule has 0 aromatic heterocycles. The fourth-order valence-corrected chi connectivity index (χ4v) is 3.00. The van der Waals surface area contributed by atoms with E-state index in [0.29, 0.717) is 0 Å². The number of hydrogen-bond donors (Lipinski definition) is 0. The number of rotatable bonds is 5. The molecule has 0 spiro atoms. The lowest BCUT2D eigenvalue weighted by atomic mass is 9.87. The van der Waals surface area contributed by atoms with Gasteiger partial charge in [0.1, 0.15) is 5.75 Å². The molecule has 0 atom stereocenters. The molecule has 0 amide bonds. The smallest absolute Gasteiger partial charge is 0.122 e. The highest BCUT2D eigenvalue weighted by molar-refractivity contribution is 9.09. The quantitative estimate of drug-likeness (QED) is 0.684. The van der Waals surface area contributed by atoms with Crippen LogP contribution >= 0.6 is 43.5 Å². The highest BCUT2D eigenvalue weighted by Gasteiger charge is 2.23. The van der Waals surface area contributed by atoms with Gasteiger partial charge in [0, 0.05) is 15.7 Å². The molecule has 1 nitrogen and oxygen atoms in total. The van der Waals surface area contributed by atoms with Crippen molar-refractivity contribution < 1.29 is 4.74 Å². The van der Waals surface area contributed by atoms with Gasteiger partial charge in [0.05, 0.1) is 7.11 Å². The van der Waals surface area contributed by atoms with Crippen molar-refractivity contribution >= 4 is 43.5 Å². The zero-order valence-electron chi connectivity index (χ0n) is 9.40. The monoisotopic (exact) mass is 368 g/mol. The van der Waals surface area contributed by atoms with Crippen LogP contribution < -0.4 is 4.74 Å². The van der Waals surface area contributed by atoms with Crippen molar-refractivity contribution in [1.29, 1.82) is 0 Å². The van der Waals surface area contributed by atoms with Crippen molar-refractivity contribution in [3.63, 3.8) is 0 Å². The van der Waals surface area contributed by atoms with Gasteiger partial charge in [0.2, 0.25) is 0 Å². The summed E-state index contributed by atoms with van der Waals surface area (Å²) >= 11 is 13.1. The molecule has 90 valence electrons. The van der Waals surface area contributed by atoms with E-state index in [1.807, 2.05) is 18.2 Å². The Hall–Kier alpha value is 0.270. The van der Waals surface area contributed by atoms with E-state index in [-0.39, 0.29) is 5.41 Å². The first-order chi connectivity index (χ1) is 7.54. The standard InChI is InChI=1S/C12H15Br2ClO/c1-12(7-13,8-14)6-9-5-10(15)3-4-11(9)16-2/h3-5H,6-8H2,1-2H3. The van der Waals surface area contributed by atoms with Crippen molar-refractivity contribution in [3.05, 3.63) is 28.8 Å². The van der Waals surface area contributed by atoms with Crippen LogP contribution in [0.3, 0.4) is 0 Å². The predicted molar refractivity (Wildman–Crippen MR) is 77.4 cm³/mol. The third-order valence-corrected chi connectivity index (χ3v) is 5.45. The molecule has 0 radical (unpaired) electrons. The van der Waals surface area contributed by atoms with Gasteiger partial charge in [-0.2, -0.15) is 0 Å². The third kappa shape index (κ3) is 3.64. The van der Waals surface area contributed by atoms with E-state index in [0.717, 1.165) is 33.4 Å². The van der Waals surface area contributed by atoms with Gasteiger partial charge in [0.25, 0.3) is 0 Å². The SMILES string of the molecule is COc1ccc(Cl)cc1CC(C)(CBr)CBr. The minimum absolute atomic E-state index is 0.165. The molecule has 0 aliphatic rings. The molecular weight excluding hydrogens is 355 g/mol. The Morgan fingerprint density at radius 1 is 1.31 bits per heavy atom. The summed E-state index contributed by atoms with van der Waals surface area (Å²) in [5, 5.41) is 2.62. The Labute approximate surface area is 119 Å². The van der Waals surface area contributed by atoms with Crippen molar-refractivity contribution in [2.24, 2.45) is 5.41 Å². The van der Waals surface area contributed by atoms with Crippen molar-refractivity contribution in [1.82, 2.24) is 0 Å². The summed E-state index contributed by atoms with van der Waals surface area (Å²) in [7, 11) is 1.69. The molecule has 0 fully saturated rings. The first-order valence-electron chi connectivity index (χ1n) is 4.99. The van der Waals surface area contributed by atoms with Gasteiger partial charge in [0.15, 0.2) is 0 Å². The van der Waals surface area contributed by atoms with Crippen LogP contribution in [-0.2, 0) is 6.42 Å². The molecule has 0 N–H and O–H groups in total. The normalized spacial score (nSPS) is 11.6. The molecule has 0 heterocycles. The number of halogens is 3. The fraction of sp³-hybridized carbons (Fsp3) is 0.500. The van der Waals surface area contributed by atoms with Gasteiger partial charge in [-0.15, -0.1) is 0 Å². The molecule has 0 aliphatic carbocycles. The molecule has 0 saturated heterocycles. The maximum Gasteiger partial charge on any atom is 0.122 e. The summed E-state index contributed by atoms with van der Waals surface area (Å²) < 4.78 is 5.35. The molecule has 1 aromatic rings. The van der Waals surface area contributed by atoms with E-state index < -0.39 is 0 Å². The lowest BCUT2D eigenvalue weighted by Gasteiger charge is -2.25. The molecule has 4 heteroatoms. The van der Waals surface area contributed by atoms with Gasteiger partial charge in [-0.1, -0.05) is 50.4 Å². The average molecular weight is 371 g/mol. The minimum atomic E-state index is 0.165. The summed E-state index contributed by atoms with van der Waals surface area (Å²) in [5.74, 6) is 0.900. The Bertz CT molecular complexity index is 351. The minimum Gasteiger partial charge on any atom is -0.496 e. The Morgan fingerprint density at radius 2 is 1.94 bits per heavy atom. The van der Waals surface area contributed by atoms with Gasteiger partial charge >= 0.3 is 0 Å². The number of alkyl halides is 2. The van der Waals surface area contributed by atoms with Gasteiger partial charge in [-0.25, -0.2) is 0 Å². The summed E-state index contributed by atoms with van der Waals surface area (Å²) in [6.45, 7) is 2.22.